The monoisotopic (exact) mass is 539 g/mol. The molecule has 31 heavy (non-hydrogen) atoms. The highest BCUT2D eigenvalue weighted by Crippen LogP contribution is 2.42. The van der Waals surface area contributed by atoms with Crippen LogP contribution in [-0.2, 0) is 0 Å². The predicted octanol–water partition coefficient (Wildman–Crippen LogP) is 6.08. The molecule has 0 spiro atoms. The van der Waals surface area contributed by atoms with Crippen LogP contribution in [0, 0.1) is 0 Å². The molecule has 1 amide bonds. The molecule has 7 heteroatoms. The number of halogens is 2. The minimum absolute atomic E-state index is 0.0626. The molecule has 1 aliphatic rings. The van der Waals surface area contributed by atoms with E-state index in [9.17, 15) is 9.59 Å². The van der Waals surface area contributed by atoms with E-state index in [0.717, 1.165) is 14.5 Å². The van der Waals surface area contributed by atoms with Crippen molar-refractivity contribution in [2.45, 2.75) is 6.04 Å². The molecule has 0 saturated carbocycles. The van der Waals surface area contributed by atoms with Gasteiger partial charge in [0.15, 0.2) is 5.43 Å². The lowest BCUT2D eigenvalue weighted by molar-refractivity contribution is 0.0971. The summed E-state index contributed by atoms with van der Waals surface area (Å²) in [4.78, 5) is 28.7. The second-order valence-electron chi connectivity index (χ2n) is 7.15. The quantitative estimate of drug-likeness (QED) is 0.316. The van der Waals surface area contributed by atoms with Crippen molar-refractivity contribution < 1.29 is 13.9 Å². The molecule has 0 saturated heterocycles. The largest absolute Gasteiger partial charge is 0.497 e. The molecule has 5 nitrogen and oxygen atoms in total. The Labute approximate surface area is 194 Å². The lowest BCUT2D eigenvalue weighted by atomic mass is 9.98. The van der Waals surface area contributed by atoms with Gasteiger partial charge in [0.2, 0.25) is 5.76 Å². The average molecular weight is 541 g/mol. The van der Waals surface area contributed by atoms with Crippen LogP contribution in [0.5, 0.6) is 5.75 Å². The number of benzene rings is 3. The first-order valence-electron chi connectivity index (χ1n) is 9.47. The Kier molecular flexibility index (Phi) is 4.95. The van der Waals surface area contributed by atoms with Crippen LogP contribution >= 0.6 is 31.9 Å². The fraction of sp³-hybridized carbons (Fsp3) is 0.0833. The number of rotatable bonds is 3. The first-order chi connectivity index (χ1) is 15.0. The van der Waals surface area contributed by atoms with E-state index in [1.165, 1.54) is 0 Å². The summed E-state index contributed by atoms with van der Waals surface area (Å²) in [6.45, 7) is 0. The summed E-state index contributed by atoms with van der Waals surface area (Å²) in [5.41, 5.74) is 1.90. The summed E-state index contributed by atoms with van der Waals surface area (Å²) >= 11 is 6.92. The molecule has 0 N–H and O–H groups in total. The molecule has 1 aromatic heterocycles. The van der Waals surface area contributed by atoms with E-state index < -0.39 is 6.04 Å². The number of methoxy groups -OCH3 is 1. The molecule has 5 rings (SSSR count). The zero-order valence-electron chi connectivity index (χ0n) is 16.3. The lowest BCUT2D eigenvalue weighted by Gasteiger charge is -2.25. The van der Waals surface area contributed by atoms with Gasteiger partial charge < -0.3 is 9.15 Å². The fourth-order valence-electron chi connectivity index (χ4n) is 3.96. The number of hydrogen-bond acceptors (Lipinski definition) is 4. The van der Waals surface area contributed by atoms with Crippen LogP contribution in [0.1, 0.15) is 27.7 Å². The third-order valence-electron chi connectivity index (χ3n) is 5.33. The van der Waals surface area contributed by atoms with Gasteiger partial charge in [0.25, 0.3) is 5.91 Å². The average Bonchev–Trinajstić information content (AvgIpc) is 3.07. The van der Waals surface area contributed by atoms with Gasteiger partial charge in [-0.1, -0.05) is 50.1 Å². The normalized spacial score (nSPS) is 15.4. The second kappa shape index (κ2) is 7.66. The Bertz CT molecular complexity index is 1410. The molecular formula is C24H15Br2NO4. The molecule has 0 bridgehead atoms. The highest BCUT2D eigenvalue weighted by Gasteiger charge is 2.43. The number of carbonyl (C=O) groups is 1. The number of fused-ring (bicyclic) bond motifs is 2. The molecule has 3 aromatic carbocycles. The van der Waals surface area contributed by atoms with Crippen molar-refractivity contribution in [3.63, 3.8) is 0 Å². The van der Waals surface area contributed by atoms with Crippen molar-refractivity contribution in [1.82, 2.24) is 0 Å². The lowest BCUT2D eigenvalue weighted by Crippen LogP contribution is -2.29. The standard InChI is InChI=1S/C24H15Br2NO4/c1-30-17-7-3-6-16(12-17)27-21(13-4-2-5-14(25)10-13)20-22(28)18-11-15(26)8-9-19(18)31-23(20)24(27)29/h2-12,21H,1H3. The Balaban J connectivity index is 1.82. The van der Waals surface area contributed by atoms with Gasteiger partial charge in [-0.15, -0.1) is 0 Å². The Morgan fingerprint density at radius 2 is 1.71 bits per heavy atom. The van der Waals surface area contributed by atoms with E-state index in [1.807, 2.05) is 36.4 Å². The first-order valence-corrected chi connectivity index (χ1v) is 11.1. The van der Waals surface area contributed by atoms with Gasteiger partial charge in [-0.25, -0.2) is 0 Å². The van der Waals surface area contributed by atoms with E-state index in [0.29, 0.717) is 28.0 Å². The van der Waals surface area contributed by atoms with Gasteiger partial charge >= 0.3 is 0 Å². The molecule has 0 aliphatic carbocycles. The first kappa shape index (κ1) is 20.0. The van der Waals surface area contributed by atoms with Crippen molar-refractivity contribution in [2.75, 3.05) is 12.0 Å². The van der Waals surface area contributed by atoms with Crippen molar-refractivity contribution in [1.29, 1.82) is 0 Å². The molecule has 4 aromatic rings. The highest BCUT2D eigenvalue weighted by atomic mass is 79.9. The molecular weight excluding hydrogens is 526 g/mol. The van der Waals surface area contributed by atoms with Crippen LogP contribution in [0.3, 0.4) is 0 Å². The van der Waals surface area contributed by atoms with Gasteiger partial charge in [-0.2, -0.15) is 0 Å². The van der Waals surface area contributed by atoms with Gasteiger partial charge in [0.1, 0.15) is 11.3 Å². The number of amides is 1. The summed E-state index contributed by atoms with van der Waals surface area (Å²) in [5, 5.41) is 0.424. The van der Waals surface area contributed by atoms with E-state index in [2.05, 4.69) is 31.9 Å². The topological polar surface area (TPSA) is 59.8 Å². The molecule has 0 radical (unpaired) electrons. The SMILES string of the molecule is COc1cccc(N2C(=O)c3oc4ccc(Br)cc4c(=O)c3C2c2cccc(Br)c2)c1. The summed E-state index contributed by atoms with van der Waals surface area (Å²) in [6.07, 6.45) is 0. The van der Waals surface area contributed by atoms with Gasteiger partial charge in [0, 0.05) is 20.7 Å². The number of carbonyl (C=O) groups excluding carboxylic acids is 1. The summed E-state index contributed by atoms with van der Waals surface area (Å²) < 4.78 is 13.0. The fourth-order valence-corrected chi connectivity index (χ4v) is 4.74. The van der Waals surface area contributed by atoms with Crippen molar-refractivity contribution in [2.24, 2.45) is 0 Å². The maximum absolute atomic E-state index is 13.6. The molecule has 154 valence electrons. The Morgan fingerprint density at radius 1 is 0.935 bits per heavy atom. The second-order valence-corrected chi connectivity index (χ2v) is 8.98. The van der Waals surface area contributed by atoms with Crippen LogP contribution in [0.25, 0.3) is 11.0 Å². The maximum Gasteiger partial charge on any atom is 0.295 e. The molecule has 1 atom stereocenters. The van der Waals surface area contributed by atoms with E-state index in [-0.39, 0.29) is 17.1 Å². The van der Waals surface area contributed by atoms with Crippen molar-refractivity contribution in [3.8, 4) is 5.75 Å². The van der Waals surface area contributed by atoms with Gasteiger partial charge in [-0.3, -0.25) is 14.5 Å². The third-order valence-corrected chi connectivity index (χ3v) is 6.31. The maximum atomic E-state index is 13.6. The smallest absolute Gasteiger partial charge is 0.295 e. The molecule has 0 fully saturated rings. The number of anilines is 1. The van der Waals surface area contributed by atoms with Crippen molar-refractivity contribution >= 4 is 54.4 Å². The molecule has 1 aliphatic heterocycles. The van der Waals surface area contributed by atoms with Crippen LogP contribution in [0.4, 0.5) is 5.69 Å². The van der Waals surface area contributed by atoms with Crippen LogP contribution < -0.4 is 15.1 Å². The molecule has 1 unspecified atom stereocenters. The minimum Gasteiger partial charge on any atom is -0.497 e. The zero-order valence-corrected chi connectivity index (χ0v) is 19.4. The zero-order chi connectivity index (χ0) is 21.7. The predicted molar refractivity (Wildman–Crippen MR) is 126 cm³/mol. The van der Waals surface area contributed by atoms with Gasteiger partial charge in [0.05, 0.1) is 24.1 Å². The minimum atomic E-state index is -0.633. The Morgan fingerprint density at radius 3 is 2.48 bits per heavy atom. The Hall–Kier alpha value is -2.90. The highest BCUT2D eigenvalue weighted by molar-refractivity contribution is 9.10. The number of ether oxygens (including phenoxy) is 1. The van der Waals surface area contributed by atoms with Crippen molar-refractivity contribution in [3.05, 3.63) is 103 Å². The number of hydrogen-bond donors (Lipinski definition) is 0. The van der Waals surface area contributed by atoms with E-state index in [1.54, 1.807) is 42.3 Å². The summed E-state index contributed by atoms with van der Waals surface area (Å²) in [7, 11) is 1.57. The third kappa shape index (κ3) is 3.28. The van der Waals surface area contributed by atoms with Crippen LogP contribution in [0.2, 0.25) is 0 Å². The van der Waals surface area contributed by atoms with E-state index >= 15 is 0 Å². The van der Waals surface area contributed by atoms with E-state index in [4.69, 9.17) is 9.15 Å². The summed E-state index contributed by atoms with van der Waals surface area (Å²) in [6, 6.07) is 19.4. The van der Waals surface area contributed by atoms with Crippen LogP contribution in [-0.4, -0.2) is 13.0 Å². The van der Waals surface area contributed by atoms with Crippen LogP contribution in [0.15, 0.2) is 84.9 Å². The summed E-state index contributed by atoms with van der Waals surface area (Å²) in [5.74, 6) is 0.311. The number of nitrogens with zero attached hydrogens (tertiary/aromatic N) is 1. The van der Waals surface area contributed by atoms with Gasteiger partial charge in [-0.05, 0) is 48.0 Å². The molecule has 2 heterocycles.